The molecule has 2 aromatic rings. The Kier molecular flexibility index (Phi) is 4.75. The average Bonchev–Trinajstić information content (AvgIpc) is 2.77. The van der Waals surface area contributed by atoms with Crippen LogP contribution in [0, 0.1) is 13.8 Å². The van der Waals surface area contributed by atoms with Crippen molar-refractivity contribution >= 4 is 5.97 Å². The van der Waals surface area contributed by atoms with Gasteiger partial charge in [-0.2, -0.15) is 5.10 Å². The maximum absolute atomic E-state index is 11.6. The van der Waals surface area contributed by atoms with Crippen molar-refractivity contribution in [2.45, 2.75) is 26.3 Å². The summed E-state index contributed by atoms with van der Waals surface area (Å²) in [4.78, 5) is 13.4. The number of aryl methyl sites for hydroxylation is 2. The zero-order valence-corrected chi connectivity index (χ0v) is 12.6. The first-order valence-electron chi connectivity index (χ1n) is 6.99. The highest BCUT2D eigenvalue weighted by Gasteiger charge is 2.24. The summed E-state index contributed by atoms with van der Waals surface area (Å²) in [5.41, 5.74) is 3.99. The largest absolute Gasteiger partial charge is 0.480 e. The van der Waals surface area contributed by atoms with Gasteiger partial charge in [0.05, 0.1) is 5.69 Å². The van der Waals surface area contributed by atoms with E-state index in [-0.39, 0.29) is 0 Å². The second-order valence-electron chi connectivity index (χ2n) is 5.29. The number of nitrogens with zero attached hydrogens (tertiary/aromatic N) is 2. The van der Waals surface area contributed by atoms with Crippen molar-refractivity contribution in [2.75, 3.05) is 13.6 Å². The minimum atomic E-state index is -0.829. The quantitative estimate of drug-likeness (QED) is 0.855. The lowest BCUT2D eigenvalue weighted by molar-refractivity contribution is -0.143. The van der Waals surface area contributed by atoms with Crippen LogP contribution in [0.15, 0.2) is 30.3 Å². The van der Waals surface area contributed by atoms with Gasteiger partial charge in [-0.05, 0) is 38.4 Å². The van der Waals surface area contributed by atoms with Crippen molar-refractivity contribution < 1.29 is 9.90 Å². The molecule has 0 fully saturated rings. The predicted octanol–water partition coefficient (Wildman–Crippen LogP) is 2.33. The summed E-state index contributed by atoms with van der Waals surface area (Å²) in [6.45, 7) is 4.61. The van der Waals surface area contributed by atoms with Crippen molar-refractivity contribution in [1.29, 1.82) is 0 Å². The number of hydrogen-bond acceptors (Lipinski definition) is 3. The molecule has 0 aliphatic heterocycles. The van der Waals surface area contributed by atoms with E-state index in [0.29, 0.717) is 6.54 Å². The fraction of sp³-hybridized carbons (Fsp3) is 0.375. The third kappa shape index (κ3) is 3.49. The maximum Gasteiger partial charge on any atom is 0.325 e. The Morgan fingerprint density at radius 3 is 2.52 bits per heavy atom. The number of nitrogens with one attached hydrogen (secondary N) is 1. The standard InChI is InChI=1S/C16H21N3O2/c1-11-14(12(2)18-17-11)9-10-19(3)15(16(20)21)13-7-5-4-6-8-13/h4-8,15H,9-10H2,1-3H3,(H,17,18)(H,20,21)/t15-/m1/s1. The van der Waals surface area contributed by atoms with E-state index in [1.807, 2.05) is 56.1 Å². The summed E-state index contributed by atoms with van der Waals surface area (Å²) in [6, 6.07) is 8.69. The second-order valence-corrected chi connectivity index (χ2v) is 5.29. The molecule has 0 saturated carbocycles. The highest BCUT2D eigenvalue weighted by Crippen LogP contribution is 2.20. The molecule has 0 radical (unpaired) electrons. The number of aromatic amines is 1. The van der Waals surface area contributed by atoms with Crippen LogP contribution in [0.5, 0.6) is 0 Å². The van der Waals surface area contributed by atoms with E-state index in [2.05, 4.69) is 10.2 Å². The highest BCUT2D eigenvalue weighted by atomic mass is 16.4. The monoisotopic (exact) mass is 287 g/mol. The number of aliphatic carboxylic acids is 1. The number of benzene rings is 1. The normalized spacial score (nSPS) is 12.6. The van der Waals surface area contributed by atoms with Gasteiger partial charge in [0.2, 0.25) is 0 Å². The molecular weight excluding hydrogens is 266 g/mol. The van der Waals surface area contributed by atoms with Gasteiger partial charge in [-0.1, -0.05) is 30.3 Å². The van der Waals surface area contributed by atoms with E-state index >= 15 is 0 Å². The lowest BCUT2D eigenvalue weighted by Gasteiger charge is -2.25. The number of carbonyl (C=O) groups is 1. The van der Waals surface area contributed by atoms with Crippen molar-refractivity contribution in [3.8, 4) is 0 Å². The van der Waals surface area contributed by atoms with E-state index in [4.69, 9.17) is 0 Å². The van der Waals surface area contributed by atoms with Gasteiger partial charge >= 0.3 is 5.97 Å². The summed E-state index contributed by atoms with van der Waals surface area (Å²) in [5, 5.41) is 16.6. The number of rotatable bonds is 6. The lowest BCUT2D eigenvalue weighted by atomic mass is 10.0. The Labute approximate surface area is 124 Å². The molecule has 0 aliphatic rings. The molecule has 1 aromatic heterocycles. The summed E-state index contributed by atoms with van der Waals surface area (Å²) in [5.74, 6) is -0.829. The fourth-order valence-corrected chi connectivity index (χ4v) is 2.58. The first kappa shape index (κ1) is 15.3. The highest BCUT2D eigenvalue weighted by molar-refractivity contribution is 5.75. The average molecular weight is 287 g/mol. The molecule has 2 N–H and O–H groups in total. The van der Waals surface area contributed by atoms with Crippen LogP contribution in [0.25, 0.3) is 0 Å². The van der Waals surface area contributed by atoms with Crippen LogP contribution in [0.1, 0.15) is 28.6 Å². The molecule has 0 bridgehead atoms. The Morgan fingerprint density at radius 2 is 2.00 bits per heavy atom. The zero-order chi connectivity index (χ0) is 15.4. The van der Waals surface area contributed by atoms with Gasteiger partial charge in [0.1, 0.15) is 6.04 Å². The van der Waals surface area contributed by atoms with Crippen LogP contribution < -0.4 is 0 Å². The molecule has 1 aromatic carbocycles. The first-order chi connectivity index (χ1) is 10.0. The van der Waals surface area contributed by atoms with Crippen molar-refractivity contribution in [3.05, 3.63) is 52.8 Å². The summed E-state index contributed by atoms with van der Waals surface area (Å²) in [7, 11) is 1.84. The van der Waals surface area contributed by atoms with E-state index < -0.39 is 12.0 Å². The molecular formula is C16H21N3O2. The molecule has 0 unspecified atom stereocenters. The zero-order valence-electron chi connectivity index (χ0n) is 12.6. The molecule has 2 rings (SSSR count). The second kappa shape index (κ2) is 6.54. The lowest BCUT2D eigenvalue weighted by Crippen LogP contribution is -2.32. The Bertz CT molecular complexity index is 588. The van der Waals surface area contributed by atoms with Crippen LogP contribution in [0.3, 0.4) is 0 Å². The summed E-state index contributed by atoms with van der Waals surface area (Å²) >= 11 is 0. The van der Waals surface area contributed by atoms with E-state index in [1.165, 1.54) is 5.56 Å². The number of likely N-dealkylation sites (N-methyl/N-ethyl adjacent to an activating group) is 1. The third-order valence-corrected chi connectivity index (χ3v) is 3.79. The van der Waals surface area contributed by atoms with Crippen LogP contribution in [0.2, 0.25) is 0 Å². The first-order valence-corrected chi connectivity index (χ1v) is 6.99. The van der Waals surface area contributed by atoms with Gasteiger partial charge in [-0.25, -0.2) is 0 Å². The van der Waals surface area contributed by atoms with Gasteiger partial charge in [0, 0.05) is 12.2 Å². The Morgan fingerprint density at radius 1 is 1.33 bits per heavy atom. The summed E-state index contributed by atoms with van der Waals surface area (Å²) in [6.07, 6.45) is 0.779. The molecule has 1 heterocycles. The van der Waals surface area contributed by atoms with Crippen molar-refractivity contribution in [1.82, 2.24) is 15.1 Å². The SMILES string of the molecule is Cc1n[nH]c(C)c1CCN(C)[C@@H](C(=O)O)c1ccccc1. The Hall–Kier alpha value is -2.14. The molecule has 21 heavy (non-hydrogen) atoms. The fourth-order valence-electron chi connectivity index (χ4n) is 2.58. The third-order valence-electron chi connectivity index (χ3n) is 3.79. The van der Waals surface area contributed by atoms with Crippen molar-refractivity contribution in [3.63, 3.8) is 0 Å². The number of carboxylic acids is 1. The molecule has 5 nitrogen and oxygen atoms in total. The summed E-state index contributed by atoms with van der Waals surface area (Å²) < 4.78 is 0. The number of hydrogen-bond donors (Lipinski definition) is 2. The minimum absolute atomic E-state index is 0.626. The molecule has 0 spiro atoms. The van der Waals surface area contributed by atoms with E-state index in [9.17, 15) is 9.90 Å². The number of aromatic nitrogens is 2. The van der Waals surface area contributed by atoms with Crippen LogP contribution in [0.4, 0.5) is 0 Å². The van der Waals surface area contributed by atoms with Gasteiger partial charge < -0.3 is 5.11 Å². The van der Waals surface area contributed by atoms with Gasteiger partial charge in [0.15, 0.2) is 0 Å². The molecule has 1 atom stereocenters. The van der Waals surface area contributed by atoms with E-state index in [0.717, 1.165) is 23.4 Å². The number of H-pyrrole nitrogens is 1. The minimum Gasteiger partial charge on any atom is -0.480 e. The Balaban J connectivity index is 2.10. The van der Waals surface area contributed by atoms with Crippen LogP contribution in [-0.4, -0.2) is 39.8 Å². The van der Waals surface area contributed by atoms with Gasteiger partial charge in [-0.3, -0.25) is 14.8 Å². The molecule has 0 saturated heterocycles. The molecule has 0 aliphatic carbocycles. The smallest absolute Gasteiger partial charge is 0.325 e. The van der Waals surface area contributed by atoms with Gasteiger partial charge in [-0.15, -0.1) is 0 Å². The topological polar surface area (TPSA) is 69.2 Å². The predicted molar refractivity (Wildman–Crippen MR) is 81.2 cm³/mol. The van der Waals surface area contributed by atoms with Crippen LogP contribution >= 0.6 is 0 Å². The molecule has 5 heteroatoms. The van der Waals surface area contributed by atoms with Gasteiger partial charge in [0.25, 0.3) is 0 Å². The maximum atomic E-state index is 11.6. The molecule has 0 amide bonds. The van der Waals surface area contributed by atoms with E-state index in [1.54, 1.807) is 0 Å². The van der Waals surface area contributed by atoms with Crippen molar-refractivity contribution in [2.24, 2.45) is 0 Å². The number of carboxylic acid groups (broad SMARTS) is 1. The molecule has 112 valence electrons. The van der Waals surface area contributed by atoms with Crippen LogP contribution in [-0.2, 0) is 11.2 Å².